The number of hydrogen-bond donors (Lipinski definition) is 2. The molecule has 21 heavy (non-hydrogen) atoms. The summed E-state index contributed by atoms with van der Waals surface area (Å²) in [6.45, 7) is 5.84. The lowest BCUT2D eigenvalue weighted by molar-refractivity contribution is 0.410. The van der Waals surface area contributed by atoms with Crippen LogP contribution in [0.5, 0.6) is 5.75 Å². The molecule has 0 fully saturated rings. The molecule has 1 aromatic heterocycles. The van der Waals surface area contributed by atoms with Crippen molar-refractivity contribution in [2.75, 3.05) is 24.3 Å². The summed E-state index contributed by atoms with van der Waals surface area (Å²) in [6.07, 6.45) is 1.75. The fourth-order valence-corrected chi connectivity index (χ4v) is 1.87. The zero-order chi connectivity index (χ0) is 15.1. The maximum atomic E-state index is 5.33. The molecule has 112 valence electrons. The molecule has 1 heterocycles. The minimum Gasteiger partial charge on any atom is -0.496 e. The maximum absolute atomic E-state index is 5.33. The summed E-state index contributed by atoms with van der Waals surface area (Å²) in [5, 5.41) is 6.51. The van der Waals surface area contributed by atoms with E-state index in [4.69, 9.17) is 4.74 Å². The van der Waals surface area contributed by atoms with Gasteiger partial charge in [0.15, 0.2) is 0 Å². The second-order valence-electron chi connectivity index (χ2n) is 5.21. The fourth-order valence-electron chi connectivity index (χ4n) is 1.87. The van der Waals surface area contributed by atoms with E-state index in [1.807, 2.05) is 30.3 Å². The van der Waals surface area contributed by atoms with Crippen molar-refractivity contribution in [3.63, 3.8) is 0 Å². The van der Waals surface area contributed by atoms with Gasteiger partial charge in [-0.3, -0.25) is 0 Å². The van der Waals surface area contributed by atoms with Gasteiger partial charge in [0.2, 0.25) is 5.95 Å². The molecule has 0 aliphatic heterocycles. The molecule has 2 aromatic rings. The average Bonchev–Trinajstić information content (AvgIpc) is 2.51. The van der Waals surface area contributed by atoms with E-state index >= 15 is 0 Å². The number of methoxy groups -OCH3 is 1. The second-order valence-corrected chi connectivity index (χ2v) is 5.21. The van der Waals surface area contributed by atoms with Crippen molar-refractivity contribution in [3.05, 3.63) is 42.1 Å². The van der Waals surface area contributed by atoms with Crippen molar-refractivity contribution < 1.29 is 4.74 Å². The monoisotopic (exact) mass is 286 g/mol. The highest BCUT2D eigenvalue weighted by molar-refractivity contribution is 5.41. The molecule has 2 rings (SSSR count). The summed E-state index contributed by atoms with van der Waals surface area (Å²) >= 11 is 0. The van der Waals surface area contributed by atoms with E-state index in [9.17, 15) is 0 Å². The molecule has 5 nitrogen and oxygen atoms in total. The number of hydrogen-bond acceptors (Lipinski definition) is 5. The number of ether oxygens (including phenoxy) is 1. The summed E-state index contributed by atoms with van der Waals surface area (Å²) in [7, 11) is 1.67. The number of anilines is 2. The lowest BCUT2D eigenvalue weighted by Gasteiger charge is -2.11. The molecule has 0 amide bonds. The van der Waals surface area contributed by atoms with Crippen LogP contribution in [0.1, 0.15) is 19.4 Å². The molecule has 0 aliphatic carbocycles. The lowest BCUT2D eigenvalue weighted by Crippen LogP contribution is -2.11. The molecule has 5 heteroatoms. The third-order valence-electron chi connectivity index (χ3n) is 2.98. The molecule has 0 saturated carbocycles. The number of nitrogens with one attached hydrogen (secondary N) is 2. The minimum absolute atomic E-state index is 0.574. The van der Waals surface area contributed by atoms with Gasteiger partial charge in [-0.05, 0) is 18.1 Å². The maximum Gasteiger partial charge on any atom is 0.224 e. The summed E-state index contributed by atoms with van der Waals surface area (Å²) in [5.74, 6) is 2.87. The van der Waals surface area contributed by atoms with Gasteiger partial charge in [-0.2, -0.15) is 4.98 Å². The highest BCUT2D eigenvalue weighted by Crippen LogP contribution is 2.18. The van der Waals surface area contributed by atoms with Gasteiger partial charge in [-0.25, -0.2) is 4.98 Å². The van der Waals surface area contributed by atoms with Crippen molar-refractivity contribution in [1.82, 2.24) is 9.97 Å². The quantitative estimate of drug-likeness (QED) is 0.818. The van der Waals surface area contributed by atoms with E-state index < -0.39 is 0 Å². The molecular formula is C16H22N4O. The van der Waals surface area contributed by atoms with Crippen LogP contribution in [0, 0.1) is 5.92 Å². The number of para-hydroxylation sites is 1. The minimum atomic E-state index is 0.574. The number of nitrogens with zero attached hydrogens (tertiary/aromatic N) is 2. The largest absolute Gasteiger partial charge is 0.496 e. The predicted octanol–water partition coefficient (Wildman–Crippen LogP) is 3.17. The Morgan fingerprint density at radius 1 is 1.14 bits per heavy atom. The van der Waals surface area contributed by atoms with Gasteiger partial charge in [-0.1, -0.05) is 32.0 Å². The van der Waals surface area contributed by atoms with Crippen LogP contribution in [0.15, 0.2) is 36.5 Å². The molecule has 0 unspecified atom stereocenters. The Morgan fingerprint density at radius 3 is 2.71 bits per heavy atom. The lowest BCUT2D eigenvalue weighted by atomic mass is 10.2. The first-order valence-electron chi connectivity index (χ1n) is 7.11. The SMILES string of the molecule is COc1ccccc1CNc1nccc(NCC(C)C)n1. The standard InChI is InChI=1S/C16H22N4O/c1-12(2)10-18-15-8-9-17-16(20-15)19-11-13-6-4-5-7-14(13)21-3/h4-9,12H,10-11H2,1-3H3,(H2,17,18,19,20). The summed E-state index contributed by atoms with van der Waals surface area (Å²) in [4.78, 5) is 8.68. The van der Waals surface area contributed by atoms with Crippen LogP contribution in [0.2, 0.25) is 0 Å². The van der Waals surface area contributed by atoms with E-state index in [-0.39, 0.29) is 0 Å². The third kappa shape index (κ3) is 4.63. The topological polar surface area (TPSA) is 59.1 Å². The molecule has 1 aromatic carbocycles. The van der Waals surface area contributed by atoms with Crippen LogP contribution < -0.4 is 15.4 Å². The fraction of sp³-hybridized carbons (Fsp3) is 0.375. The zero-order valence-electron chi connectivity index (χ0n) is 12.8. The molecule has 0 bridgehead atoms. The van der Waals surface area contributed by atoms with E-state index in [1.165, 1.54) is 0 Å². The van der Waals surface area contributed by atoms with E-state index in [2.05, 4.69) is 34.4 Å². The first-order valence-corrected chi connectivity index (χ1v) is 7.11. The first-order chi connectivity index (χ1) is 10.2. The van der Waals surface area contributed by atoms with E-state index in [0.29, 0.717) is 18.4 Å². The van der Waals surface area contributed by atoms with Crippen molar-refractivity contribution in [1.29, 1.82) is 0 Å². The number of rotatable bonds is 7. The molecule has 0 radical (unpaired) electrons. The Morgan fingerprint density at radius 2 is 1.95 bits per heavy atom. The highest BCUT2D eigenvalue weighted by Gasteiger charge is 2.03. The molecule has 0 atom stereocenters. The molecule has 0 spiro atoms. The molecular weight excluding hydrogens is 264 g/mol. The Balaban J connectivity index is 1.98. The van der Waals surface area contributed by atoms with Crippen molar-refractivity contribution in [2.24, 2.45) is 5.92 Å². The van der Waals surface area contributed by atoms with Gasteiger partial charge in [0.25, 0.3) is 0 Å². The zero-order valence-corrected chi connectivity index (χ0v) is 12.8. The Hall–Kier alpha value is -2.30. The van der Waals surface area contributed by atoms with Crippen molar-refractivity contribution in [3.8, 4) is 5.75 Å². The average molecular weight is 286 g/mol. The van der Waals surface area contributed by atoms with Gasteiger partial charge in [-0.15, -0.1) is 0 Å². The van der Waals surface area contributed by atoms with E-state index in [1.54, 1.807) is 13.3 Å². The Labute approximate surface area is 125 Å². The Bertz CT molecular complexity index is 572. The summed E-state index contributed by atoms with van der Waals surface area (Å²) in [6, 6.07) is 9.78. The molecule has 0 saturated heterocycles. The first kappa shape index (κ1) is 15.1. The van der Waals surface area contributed by atoms with Crippen LogP contribution in [0.25, 0.3) is 0 Å². The van der Waals surface area contributed by atoms with Crippen molar-refractivity contribution >= 4 is 11.8 Å². The van der Waals surface area contributed by atoms with Gasteiger partial charge >= 0.3 is 0 Å². The van der Waals surface area contributed by atoms with Crippen LogP contribution in [-0.2, 0) is 6.54 Å². The second kappa shape index (κ2) is 7.47. The smallest absolute Gasteiger partial charge is 0.224 e. The van der Waals surface area contributed by atoms with Crippen LogP contribution in [0.4, 0.5) is 11.8 Å². The number of aromatic nitrogens is 2. The van der Waals surface area contributed by atoms with Gasteiger partial charge < -0.3 is 15.4 Å². The van der Waals surface area contributed by atoms with Gasteiger partial charge in [0, 0.05) is 24.8 Å². The highest BCUT2D eigenvalue weighted by atomic mass is 16.5. The van der Waals surface area contributed by atoms with Gasteiger partial charge in [0.05, 0.1) is 7.11 Å². The molecule has 2 N–H and O–H groups in total. The third-order valence-corrected chi connectivity index (χ3v) is 2.98. The Kier molecular flexibility index (Phi) is 5.37. The normalized spacial score (nSPS) is 10.5. The predicted molar refractivity (Wildman–Crippen MR) is 85.7 cm³/mol. The van der Waals surface area contributed by atoms with Crippen LogP contribution in [0.3, 0.4) is 0 Å². The van der Waals surface area contributed by atoms with Crippen LogP contribution >= 0.6 is 0 Å². The summed E-state index contributed by atoms with van der Waals surface area (Å²) < 4.78 is 5.33. The van der Waals surface area contributed by atoms with Gasteiger partial charge in [0.1, 0.15) is 11.6 Å². The molecule has 0 aliphatic rings. The van der Waals surface area contributed by atoms with Crippen LogP contribution in [-0.4, -0.2) is 23.6 Å². The number of benzene rings is 1. The summed E-state index contributed by atoms with van der Waals surface area (Å²) in [5.41, 5.74) is 1.07. The van der Waals surface area contributed by atoms with Crippen molar-refractivity contribution in [2.45, 2.75) is 20.4 Å². The van der Waals surface area contributed by atoms with E-state index in [0.717, 1.165) is 23.7 Å².